The first-order valence-corrected chi connectivity index (χ1v) is 7.61. The lowest BCUT2D eigenvalue weighted by atomic mass is 10.2. The van der Waals surface area contributed by atoms with Gasteiger partial charge in [0.15, 0.2) is 0 Å². The molecule has 4 nitrogen and oxygen atoms in total. The average Bonchev–Trinajstić information content (AvgIpc) is 2.46. The highest BCUT2D eigenvalue weighted by molar-refractivity contribution is 6.35. The van der Waals surface area contributed by atoms with Crippen molar-refractivity contribution in [3.63, 3.8) is 0 Å². The van der Waals surface area contributed by atoms with Crippen LogP contribution in [0.25, 0.3) is 10.9 Å². The van der Waals surface area contributed by atoms with Gasteiger partial charge in [-0.3, -0.25) is 9.36 Å². The molecule has 1 aromatic heterocycles. The first kappa shape index (κ1) is 15.5. The fourth-order valence-corrected chi connectivity index (χ4v) is 2.64. The lowest BCUT2D eigenvalue weighted by molar-refractivity contribution is 0.563. The van der Waals surface area contributed by atoms with Gasteiger partial charge in [-0.15, -0.1) is 0 Å². The van der Waals surface area contributed by atoms with E-state index in [1.54, 1.807) is 10.6 Å². The zero-order valence-electron chi connectivity index (χ0n) is 12.1. The van der Waals surface area contributed by atoms with Crippen LogP contribution in [-0.4, -0.2) is 9.55 Å². The standard InChI is InChI=1S/C16H18ClN3O/c1-2-7-14-19-13-9-6-8-12(17)15(13)16(21)20(14)11-5-3-4-10-18/h6,8-9H,2-5,7,11H2,1H3. The van der Waals surface area contributed by atoms with Crippen LogP contribution in [0.2, 0.25) is 5.02 Å². The minimum Gasteiger partial charge on any atom is -0.296 e. The van der Waals surface area contributed by atoms with E-state index in [4.69, 9.17) is 16.9 Å². The van der Waals surface area contributed by atoms with Gasteiger partial charge >= 0.3 is 0 Å². The Hall–Kier alpha value is -1.86. The molecule has 0 N–H and O–H groups in total. The second-order valence-corrected chi connectivity index (χ2v) is 5.39. The number of nitrogens with zero attached hydrogens (tertiary/aromatic N) is 3. The summed E-state index contributed by atoms with van der Waals surface area (Å²) >= 11 is 6.15. The molecule has 0 saturated heterocycles. The molecular weight excluding hydrogens is 286 g/mol. The van der Waals surface area contributed by atoms with Crippen LogP contribution in [0.15, 0.2) is 23.0 Å². The molecule has 0 aliphatic rings. The smallest absolute Gasteiger partial charge is 0.262 e. The first-order valence-electron chi connectivity index (χ1n) is 7.24. The van der Waals surface area contributed by atoms with E-state index in [9.17, 15) is 4.79 Å². The Morgan fingerprint density at radius 3 is 2.90 bits per heavy atom. The van der Waals surface area contributed by atoms with Crippen LogP contribution >= 0.6 is 11.6 Å². The molecule has 110 valence electrons. The number of fused-ring (bicyclic) bond motifs is 1. The molecule has 2 rings (SSSR count). The Morgan fingerprint density at radius 1 is 1.38 bits per heavy atom. The maximum atomic E-state index is 12.7. The number of benzene rings is 1. The molecule has 0 spiro atoms. The minimum absolute atomic E-state index is 0.0778. The molecule has 0 unspecified atom stereocenters. The Bertz CT molecular complexity index is 731. The van der Waals surface area contributed by atoms with Crippen molar-refractivity contribution in [1.82, 2.24) is 9.55 Å². The minimum atomic E-state index is -0.0778. The molecule has 0 bridgehead atoms. The molecule has 0 aliphatic carbocycles. The average molecular weight is 304 g/mol. The second kappa shape index (κ2) is 7.24. The van der Waals surface area contributed by atoms with Crippen LogP contribution in [0.5, 0.6) is 0 Å². The van der Waals surface area contributed by atoms with Gasteiger partial charge in [0, 0.05) is 19.4 Å². The third-order valence-electron chi connectivity index (χ3n) is 3.41. The molecule has 5 heteroatoms. The maximum Gasteiger partial charge on any atom is 0.262 e. The normalized spacial score (nSPS) is 10.7. The van der Waals surface area contributed by atoms with Crippen molar-refractivity contribution >= 4 is 22.5 Å². The largest absolute Gasteiger partial charge is 0.296 e. The van der Waals surface area contributed by atoms with Crippen molar-refractivity contribution in [2.75, 3.05) is 0 Å². The molecule has 1 aromatic carbocycles. The quantitative estimate of drug-likeness (QED) is 0.765. The number of hydrogen-bond acceptors (Lipinski definition) is 3. The molecule has 0 amide bonds. The predicted molar refractivity (Wildman–Crippen MR) is 84.5 cm³/mol. The molecule has 0 radical (unpaired) electrons. The van der Waals surface area contributed by atoms with Gasteiger partial charge in [-0.05, 0) is 31.4 Å². The number of aryl methyl sites for hydroxylation is 1. The number of rotatable bonds is 6. The third kappa shape index (κ3) is 3.43. The summed E-state index contributed by atoms with van der Waals surface area (Å²) in [7, 11) is 0. The predicted octanol–water partition coefficient (Wildman–Crippen LogP) is 3.70. The highest BCUT2D eigenvalue weighted by atomic mass is 35.5. The van der Waals surface area contributed by atoms with Crippen molar-refractivity contribution < 1.29 is 0 Å². The molecule has 0 saturated carbocycles. The van der Waals surface area contributed by atoms with E-state index < -0.39 is 0 Å². The highest BCUT2D eigenvalue weighted by Gasteiger charge is 2.12. The fraction of sp³-hybridized carbons (Fsp3) is 0.438. The van der Waals surface area contributed by atoms with E-state index in [2.05, 4.69) is 18.0 Å². The summed E-state index contributed by atoms with van der Waals surface area (Å²) in [6, 6.07) is 7.47. The monoisotopic (exact) mass is 303 g/mol. The van der Waals surface area contributed by atoms with Crippen LogP contribution in [0.3, 0.4) is 0 Å². The number of nitriles is 1. The molecule has 1 heterocycles. The third-order valence-corrected chi connectivity index (χ3v) is 3.72. The molecule has 21 heavy (non-hydrogen) atoms. The fourth-order valence-electron chi connectivity index (χ4n) is 2.39. The Morgan fingerprint density at radius 2 is 2.19 bits per heavy atom. The van der Waals surface area contributed by atoms with Gasteiger partial charge in [0.1, 0.15) is 5.82 Å². The molecule has 0 fully saturated rings. The lowest BCUT2D eigenvalue weighted by Crippen LogP contribution is -2.25. The summed E-state index contributed by atoms with van der Waals surface area (Å²) in [5.74, 6) is 0.800. The number of hydrogen-bond donors (Lipinski definition) is 0. The van der Waals surface area contributed by atoms with Crippen LogP contribution < -0.4 is 5.56 Å². The zero-order chi connectivity index (χ0) is 15.2. The van der Waals surface area contributed by atoms with Crippen molar-refractivity contribution in [3.05, 3.63) is 39.4 Å². The van der Waals surface area contributed by atoms with Gasteiger partial charge in [-0.1, -0.05) is 24.6 Å². The lowest BCUT2D eigenvalue weighted by Gasteiger charge is -2.13. The summed E-state index contributed by atoms with van der Waals surface area (Å²) in [4.78, 5) is 17.3. The summed E-state index contributed by atoms with van der Waals surface area (Å²) < 4.78 is 1.72. The van der Waals surface area contributed by atoms with Crippen molar-refractivity contribution in [1.29, 1.82) is 5.26 Å². The maximum absolute atomic E-state index is 12.7. The van der Waals surface area contributed by atoms with E-state index in [0.29, 0.717) is 28.9 Å². The number of halogens is 1. The van der Waals surface area contributed by atoms with Gasteiger partial charge < -0.3 is 0 Å². The molecule has 0 aliphatic heterocycles. The summed E-state index contributed by atoms with van der Waals surface area (Å²) in [5.41, 5.74) is 0.579. The summed E-state index contributed by atoms with van der Waals surface area (Å²) in [6.07, 6.45) is 3.78. The SMILES string of the molecule is CCCc1nc2cccc(Cl)c2c(=O)n1CCCCC#N. The van der Waals surface area contributed by atoms with Gasteiger partial charge in [-0.2, -0.15) is 5.26 Å². The summed E-state index contributed by atoms with van der Waals surface area (Å²) in [6.45, 7) is 2.65. The molecule has 2 aromatic rings. The number of unbranched alkanes of at least 4 members (excludes halogenated alkanes) is 2. The van der Waals surface area contributed by atoms with Gasteiger partial charge in [0.25, 0.3) is 5.56 Å². The van der Waals surface area contributed by atoms with E-state index >= 15 is 0 Å². The van der Waals surface area contributed by atoms with Crippen molar-refractivity contribution in [3.8, 4) is 6.07 Å². The van der Waals surface area contributed by atoms with E-state index in [1.165, 1.54) is 0 Å². The van der Waals surface area contributed by atoms with Gasteiger partial charge in [0.2, 0.25) is 0 Å². The summed E-state index contributed by atoms with van der Waals surface area (Å²) in [5, 5.41) is 9.52. The molecular formula is C16H18ClN3O. The van der Waals surface area contributed by atoms with Gasteiger partial charge in [-0.25, -0.2) is 4.98 Å². The van der Waals surface area contributed by atoms with Crippen molar-refractivity contribution in [2.24, 2.45) is 0 Å². The van der Waals surface area contributed by atoms with E-state index in [1.807, 2.05) is 12.1 Å². The topological polar surface area (TPSA) is 58.7 Å². The highest BCUT2D eigenvalue weighted by Crippen LogP contribution is 2.19. The first-order chi connectivity index (χ1) is 10.2. The van der Waals surface area contributed by atoms with E-state index in [-0.39, 0.29) is 5.56 Å². The second-order valence-electron chi connectivity index (χ2n) is 4.98. The van der Waals surface area contributed by atoms with E-state index in [0.717, 1.165) is 31.5 Å². The van der Waals surface area contributed by atoms with Crippen LogP contribution in [-0.2, 0) is 13.0 Å². The van der Waals surface area contributed by atoms with Crippen molar-refractivity contribution in [2.45, 2.75) is 45.6 Å². The molecule has 0 atom stereocenters. The van der Waals surface area contributed by atoms with Crippen LogP contribution in [0.4, 0.5) is 0 Å². The number of aromatic nitrogens is 2. The van der Waals surface area contributed by atoms with Crippen LogP contribution in [0, 0.1) is 11.3 Å². The van der Waals surface area contributed by atoms with Gasteiger partial charge in [0.05, 0.1) is 22.0 Å². The Balaban J connectivity index is 2.47. The zero-order valence-corrected chi connectivity index (χ0v) is 12.9. The van der Waals surface area contributed by atoms with Crippen LogP contribution in [0.1, 0.15) is 38.4 Å². The Labute approximate surface area is 129 Å². The Kier molecular flexibility index (Phi) is 5.35.